The van der Waals surface area contributed by atoms with E-state index in [2.05, 4.69) is 0 Å². The van der Waals surface area contributed by atoms with Crippen molar-refractivity contribution < 1.29 is 23.5 Å². The molecule has 0 spiro atoms. The molecule has 1 heterocycles. The van der Waals surface area contributed by atoms with E-state index in [1.54, 1.807) is 4.90 Å². The quantitative estimate of drug-likeness (QED) is 0.829. The maximum absolute atomic E-state index is 12.6. The van der Waals surface area contributed by atoms with Crippen LogP contribution in [0.25, 0.3) is 0 Å². The summed E-state index contributed by atoms with van der Waals surface area (Å²) in [5.74, 6) is -2.50. The Kier molecular flexibility index (Phi) is 14.8. The Morgan fingerprint density at radius 2 is 1.68 bits per heavy atom. The maximum Gasteiger partial charge on any atom is 0.256 e. The van der Waals surface area contributed by atoms with Gasteiger partial charge in [0.05, 0.1) is 7.18 Å². The number of aliphatic hydroxyl groups excluding tert-OH is 1. The molecular weight excluding hydrogens is 328 g/mol. The molecule has 4 nitrogen and oxygen atoms in total. The fourth-order valence-corrected chi connectivity index (χ4v) is 2.40. The summed E-state index contributed by atoms with van der Waals surface area (Å²) in [4.78, 5) is 25.1. The van der Waals surface area contributed by atoms with E-state index in [1.807, 2.05) is 65.0 Å². The summed E-state index contributed by atoms with van der Waals surface area (Å²) in [6.45, 7) is 10.2. The molecule has 0 saturated carbocycles. The second-order valence-electron chi connectivity index (χ2n) is 4.83. The van der Waals surface area contributed by atoms with E-state index in [-0.39, 0.29) is 12.5 Å². The number of Topliss-reactive ketones (excluding diaryl/α,β-unsaturated/α-hetero) is 1. The normalized spacial score (nSPS) is 19.4. The van der Waals surface area contributed by atoms with Crippen LogP contribution in [-0.2, 0) is 16.1 Å². The molecule has 144 valence electrons. The Labute approximate surface area is 149 Å². The molecule has 1 saturated heterocycles. The van der Waals surface area contributed by atoms with Gasteiger partial charge in [0.1, 0.15) is 5.92 Å². The predicted molar refractivity (Wildman–Crippen MR) is 96.4 cm³/mol. The number of amides is 1. The molecule has 6 heteroatoms. The van der Waals surface area contributed by atoms with Crippen LogP contribution < -0.4 is 0 Å². The molecule has 0 bridgehead atoms. The van der Waals surface area contributed by atoms with Gasteiger partial charge in [-0.2, -0.15) is 0 Å². The second-order valence-corrected chi connectivity index (χ2v) is 4.83. The number of benzene rings is 1. The largest absolute Gasteiger partial charge is 0.358 e. The van der Waals surface area contributed by atoms with Gasteiger partial charge >= 0.3 is 0 Å². The van der Waals surface area contributed by atoms with Crippen LogP contribution in [0, 0.1) is 5.92 Å². The van der Waals surface area contributed by atoms with E-state index in [9.17, 15) is 18.4 Å². The zero-order valence-corrected chi connectivity index (χ0v) is 16.0. The van der Waals surface area contributed by atoms with Crippen molar-refractivity contribution in [2.45, 2.75) is 60.0 Å². The third-order valence-corrected chi connectivity index (χ3v) is 3.46. The van der Waals surface area contributed by atoms with E-state index in [4.69, 9.17) is 5.11 Å². The molecule has 1 fully saturated rings. The van der Waals surface area contributed by atoms with E-state index in [1.165, 1.54) is 0 Å². The number of ketones is 1. The lowest BCUT2D eigenvalue weighted by Gasteiger charge is -2.21. The molecule has 0 aliphatic carbocycles. The van der Waals surface area contributed by atoms with E-state index >= 15 is 0 Å². The Bertz CT molecular complexity index is 481. The first-order valence-corrected chi connectivity index (χ1v) is 8.58. The predicted octanol–water partition coefficient (Wildman–Crippen LogP) is 3.92. The third-order valence-electron chi connectivity index (χ3n) is 3.46. The lowest BCUT2D eigenvalue weighted by Crippen LogP contribution is -2.35. The summed E-state index contributed by atoms with van der Waals surface area (Å²) >= 11 is 0. The minimum Gasteiger partial charge on any atom is -0.358 e. The fraction of sp³-hybridized carbons (Fsp3) is 0.579. The first kappa shape index (κ1) is 25.4. The lowest BCUT2D eigenvalue weighted by atomic mass is 10.0. The lowest BCUT2D eigenvalue weighted by molar-refractivity contribution is -0.146. The molecule has 1 N–H and O–H groups in total. The molecular formula is C19H31F2NO3. The van der Waals surface area contributed by atoms with Gasteiger partial charge in [0.15, 0.2) is 0 Å². The van der Waals surface area contributed by atoms with Crippen molar-refractivity contribution >= 4 is 11.7 Å². The number of hydrogen-bond acceptors (Lipinski definition) is 3. The Balaban J connectivity index is 0. The number of rotatable bonds is 4. The Morgan fingerprint density at radius 1 is 1.20 bits per heavy atom. The van der Waals surface area contributed by atoms with Gasteiger partial charge in [0.2, 0.25) is 11.7 Å². The summed E-state index contributed by atoms with van der Waals surface area (Å²) in [5, 5.41) is 8.67. The number of nitrogens with zero attached hydrogens (tertiary/aromatic N) is 1. The van der Waals surface area contributed by atoms with Crippen LogP contribution in [0.15, 0.2) is 30.3 Å². The highest BCUT2D eigenvalue weighted by atomic mass is 19.1. The van der Waals surface area contributed by atoms with Crippen molar-refractivity contribution in [2.75, 3.05) is 7.18 Å². The van der Waals surface area contributed by atoms with Crippen molar-refractivity contribution in [3.63, 3.8) is 0 Å². The SMILES string of the molecule is CC.CC.CC1CC(C(=O)C(O)F)C(=O)N1Cc1ccccc1.CF. The first-order chi connectivity index (χ1) is 12.0. The highest BCUT2D eigenvalue weighted by Crippen LogP contribution is 2.28. The second kappa shape index (κ2) is 14.5. The number of carbonyl (C=O) groups is 2. The zero-order chi connectivity index (χ0) is 20.0. The topological polar surface area (TPSA) is 57.6 Å². The summed E-state index contributed by atoms with van der Waals surface area (Å²) < 4.78 is 22.1. The minimum atomic E-state index is -2.57. The Hall–Kier alpha value is -1.82. The van der Waals surface area contributed by atoms with Gasteiger partial charge in [-0.05, 0) is 18.9 Å². The molecule has 1 aliphatic rings. The highest BCUT2D eigenvalue weighted by molar-refractivity contribution is 6.04. The van der Waals surface area contributed by atoms with E-state index in [0.29, 0.717) is 13.7 Å². The average Bonchev–Trinajstić information content (AvgIpc) is 2.95. The van der Waals surface area contributed by atoms with Gasteiger partial charge in [0.25, 0.3) is 6.36 Å². The van der Waals surface area contributed by atoms with Crippen LogP contribution >= 0.6 is 0 Å². The smallest absolute Gasteiger partial charge is 0.256 e. The van der Waals surface area contributed by atoms with Gasteiger partial charge in [-0.1, -0.05) is 58.0 Å². The number of halogens is 2. The summed E-state index contributed by atoms with van der Waals surface area (Å²) in [7, 11) is 0.500. The molecule has 25 heavy (non-hydrogen) atoms. The molecule has 1 aliphatic heterocycles. The number of hydrogen-bond donors (Lipinski definition) is 1. The Morgan fingerprint density at radius 3 is 2.12 bits per heavy atom. The third kappa shape index (κ3) is 7.73. The molecule has 0 radical (unpaired) electrons. The zero-order valence-electron chi connectivity index (χ0n) is 16.0. The molecule has 3 atom stereocenters. The molecule has 0 aromatic heterocycles. The van der Waals surface area contributed by atoms with Crippen molar-refractivity contribution in [3.8, 4) is 0 Å². The van der Waals surface area contributed by atoms with E-state index < -0.39 is 24.0 Å². The monoisotopic (exact) mass is 359 g/mol. The summed E-state index contributed by atoms with van der Waals surface area (Å²) in [5.41, 5.74) is 0.955. The molecule has 1 aromatic rings. The van der Waals surface area contributed by atoms with Crippen molar-refractivity contribution in [1.29, 1.82) is 0 Å². The number of aliphatic hydroxyl groups is 1. The summed E-state index contributed by atoms with van der Waals surface area (Å²) in [6, 6.07) is 9.26. The average molecular weight is 359 g/mol. The minimum absolute atomic E-state index is 0.139. The molecule has 1 aromatic carbocycles. The van der Waals surface area contributed by atoms with Crippen molar-refractivity contribution in [3.05, 3.63) is 35.9 Å². The van der Waals surface area contributed by atoms with Crippen LogP contribution in [0.1, 0.15) is 46.6 Å². The van der Waals surface area contributed by atoms with Crippen LogP contribution in [0.5, 0.6) is 0 Å². The highest BCUT2D eigenvalue weighted by Gasteiger charge is 2.43. The van der Waals surface area contributed by atoms with Crippen LogP contribution in [0.4, 0.5) is 8.78 Å². The molecule has 1 amide bonds. The first-order valence-electron chi connectivity index (χ1n) is 8.58. The molecule has 2 rings (SSSR count). The maximum atomic E-state index is 12.6. The van der Waals surface area contributed by atoms with Gasteiger partial charge in [-0.15, -0.1) is 0 Å². The van der Waals surface area contributed by atoms with Crippen molar-refractivity contribution in [1.82, 2.24) is 4.90 Å². The summed E-state index contributed by atoms with van der Waals surface area (Å²) in [6.07, 6.45) is -2.32. The van der Waals surface area contributed by atoms with Crippen LogP contribution in [-0.4, -0.2) is 41.3 Å². The van der Waals surface area contributed by atoms with Crippen LogP contribution in [0.3, 0.4) is 0 Å². The molecule has 3 unspecified atom stereocenters. The van der Waals surface area contributed by atoms with Gasteiger partial charge in [-0.25, -0.2) is 4.39 Å². The van der Waals surface area contributed by atoms with E-state index in [0.717, 1.165) is 5.56 Å². The fourth-order valence-electron chi connectivity index (χ4n) is 2.40. The van der Waals surface area contributed by atoms with Crippen LogP contribution in [0.2, 0.25) is 0 Å². The van der Waals surface area contributed by atoms with Crippen molar-refractivity contribution in [2.24, 2.45) is 5.92 Å². The van der Waals surface area contributed by atoms with Gasteiger partial charge < -0.3 is 10.0 Å². The standard InChI is InChI=1S/C14H16FNO3.2C2H6.CH3F/c1-9-7-11(12(17)13(15)18)14(19)16(9)8-10-5-3-2-4-6-10;3*1-2/h2-6,9,11,13,18H,7-8H2,1H3;2*1-2H3;1H3. The van der Waals surface area contributed by atoms with Gasteiger partial charge in [-0.3, -0.25) is 14.0 Å². The number of likely N-dealkylation sites (tertiary alicyclic amines) is 1. The number of alkyl halides is 2. The number of carbonyl (C=O) groups excluding carboxylic acids is 2. The van der Waals surface area contributed by atoms with Gasteiger partial charge in [0, 0.05) is 12.6 Å².